The van der Waals surface area contributed by atoms with E-state index in [4.69, 9.17) is 4.74 Å². The van der Waals surface area contributed by atoms with Crippen molar-refractivity contribution in [1.82, 2.24) is 20.3 Å². The molecule has 0 fully saturated rings. The van der Waals surface area contributed by atoms with Crippen LogP contribution in [0.15, 0.2) is 97.5 Å². The quantitative estimate of drug-likeness (QED) is 0.246. The lowest BCUT2D eigenvalue weighted by atomic mass is 10.0. The fraction of sp³-hybridized carbons (Fsp3) is 0.0968. The number of hydrogen-bond donors (Lipinski definition) is 3. The molecule has 6 heteroatoms. The molecule has 0 aliphatic heterocycles. The second kappa shape index (κ2) is 9.66. The minimum atomic E-state index is -0.117. The van der Waals surface area contributed by atoms with E-state index in [1.54, 1.807) is 19.4 Å². The van der Waals surface area contributed by atoms with Gasteiger partial charge in [-0.1, -0.05) is 36.4 Å². The summed E-state index contributed by atoms with van der Waals surface area (Å²) in [6.45, 7) is 0.524. The van der Waals surface area contributed by atoms with Crippen molar-refractivity contribution in [3.63, 3.8) is 0 Å². The number of aromatic nitrogens is 3. The topological polar surface area (TPSA) is 82.8 Å². The number of carbonyl (C=O) groups excluding carboxylic acids is 1. The van der Waals surface area contributed by atoms with Crippen LogP contribution in [-0.2, 0) is 6.42 Å². The third-order valence-corrected chi connectivity index (χ3v) is 6.74. The number of rotatable bonds is 7. The molecular formula is C31H26N4O2. The van der Waals surface area contributed by atoms with Crippen molar-refractivity contribution in [1.29, 1.82) is 0 Å². The van der Waals surface area contributed by atoms with Gasteiger partial charge in [0.25, 0.3) is 5.91 Å². The lowest BCUT2D eigenvalue weighted by molar-refractivity contribution is 0.0954. The van der Waals surface area contributed by atoms with Crippen LogP contribution < -0.4 is 10.1 Å². The molecule has 3 heterocycles. The number of pyridine rings is 1. The zero-order valence-electron chi connectivity index (χ0n) is 20.4. The Kier molecular flexibility index (Phi) is 5.91. The normalized spacial score (nSPS) is 11.2. The number of benzene rings is 3. The Balaban J connectivity index is 1.19. The molecule has 0 spiro atoms. The summed E-state index contributed by atoms with van der Waals surface area (Å²) in [6, 6.07) is 26.1. The van der Waals surface area contributed by atoms with Crippen molar-refractivity contribution in [2.24, 2.45) is 0 Å². The highest BCUT2D eigenvalue weighted by Gasteiger charge is 2.12. The second-order valence-corrected chi connectivity index (χ2v) is 8.99. The predicted octanol–water partition coefficient (Wildman–Crippen LogP) is 6.36. The molecule has 3 N–H and O–H groups in total. The van der Waals surface area contributed by atoms with Gasteiger partial charge in [0.2, 0.25) is 0 Å². The van der Waals surface area contributed by atoms with Crippen LogP contribution in [-0.4, -0.2) is 34.5 Å². The molecule has 0 unspecified atom stereocenters. The SMILES string of the molecule is COc1ccc2[nH]cc(CCNC(=O)c3ccnc(-c4ccc5[nH]cc(-c6ccccc6)c5c4)c3)c2c1. The maximum atomic E-state index is 13.0. The summed E-state index contributed by atoms with van der Waals surface area (Å²) in [5.41, 5.74) is 7.86. The molecule has 0 saturated carbocycles. The van der Waals surface area contributed by atoms with Crippen molar-refractivity contribution in [2.45, 2.75) is 6.42 Å². The molecule has 0 bridgehead atoms. The standard InChI is InChI=1S/C31H26N4O2/c1-37-24-8-10-28-25(17-24)23(18-34-28)12-14-33-31(36)22-11-13-32-30(16-22)21-7-9-29-26(15-21)27(19-35-29)20-5-3-2-4-6-20/h2-11,13,15-19,34-35H,12,14H2,1H3,(H,33,36). The van der Waals surface area contributed by atoms with Gasteiger partial charge in [-0.25, -0.2) is 0 Å². The maximum Gasteiger partial charge on any atom is 0.251 e. The number of ether oxygens (including phenoxy) is 1. The third-order valence-electron chi connectivity index (χ3n) is 6.74. The minimum absolute atomic E-state index is 0.117. The Hall–Kier alpha value is -4.84. The van der Waals surface area contributed by atoms with E-state index in [0.717, 1.165) is 55.5 Å². The number of carbonyl (C=O) groups is 1. The van der Waals surface area contributed by atoms with Gasteiger partial charge in [-0.15, -0.1) is 0 Å². The lowest BCUT2D eigenvalue weighted by Gasteiger charge is -2.08. The van der Waals surface area contributed by atoms with Gasteiger partial charge in [0, 0.05) is 63.6 Å². The first kappa shape index (κ1) is 22.6. The first-order chi connectivity index (χ1) is 18.2. The zero-order chi connectivity index (χ0) is 25.2. The van der Waals surface area contributed by atoms with Crippen LogP contribution in [0.4, 0.5) is 0 Å². The maximum absolute atomic E-state index is 13.0. The van der Waals surface area contributed by atoms with Gasteiger partial charge in [0.05, 0.1) is 12.8 Å². The Bertz CT molecular complexity index is 1720. The number of aromatic amines is 2. The molecule has 0 saturated heterocycles. The van der Waals surface area contributed by atoms with E-state index in [-0.39, 0.29) is 5.91 Å². The number of methoxy groups -OCH3 is 1. The van der Waals surface area contributed by atoms with Crippen molar-refractivity contribution in [3.05, 3.63) is 109 Å². The molecule has 3 aromatic heterocycles. The van der Waals surface area contributed by atoms with E-state index in [1.807, 2.05) is 60.9 Å². The summed E-state index contributed by atoms with van der Waals surface area (Å²) in [6.07, 6.45) is 6.42. The van der Waals surface area contributed by atoms with Crippen LogP contribution in [0.25, 0.3) is 44.2 Å². The fourth-order valence-corrected chi connectivity index (χ4v) is 4.77. The van der Waals surface area contributed by atoms with Crippen molar-refractivity contribution in [2.75, 3.05) is 13.7 Å². The van der Waals surface area contributed by atoms with E-state index in [9.17, 15) is 4.79 Å². The van der Waals surface area contributed by atoms with E-state index in [1.165, 1.54) is 0 Å². The Morgan fingerprint density at radius 1 is 0.865 bits per heavy atom. The molecule has 0 radical (unpaired) electrons. The van der Waals surface area contributed by atoms with Gasteiger partial charge < -0.3 is 20.0 Å². The van der Waals surface area contributed by atoms with Gasteiger partial charge in [-0.2, -0.15) is 0 Å². The molecule has 6 rings (SSSR count). The largest absolute Gasteiger partial charge is 0.497 e. The van der Waals surface area contributed by atoms with Gasteiger partial charge in [0.1, 0.15) is 5.75 Å². The van der Waals surface area contributed by atoms with Crippen LogP contribution in [0.5, 0.6) is 5.75 Å². The zero-order valence-corrected chi connectivity index (χ0v) is 20.4. The highest BCUT2D eigenvalue weighted by atomic mass is 16.5. The van der Waals surface area contributed by atoms with Crippen molar-refractivity contribution < 1.29 is 9.53 Å². The van der Waals surface area contributed by atoms with E-state index in [2.05, 4.69) is 44.5 Å². The molecular weight excluding hydrogens is 460 g/mol. The summed E-state index contributed by atoms with van der Waals surface area (Å²) >= 11 is 0. The summed E-state index contributed by atoms with van der Waals surface area (Å²) in [4.78, 5) is 24.1. The monoisotopic (exact) mass is 486 g/mol. The van der Waals surface area contributed by atoms with Crippen LogP contribution >= 0.6 is 0 Å². The van der Waals surface area contributed by atoms with Crippen LogP contribution in [0.2, 0.25) is 0 Å². The molecule has 3 aromatic carbocycles. The molecule has 0 atom stereocenters. The minimum Gasteiger partial charge on any atom is -0.497 e. The number of nitrogens with one attached hydrogen (secondary N) is 3. The molecule has 6 aromatic rings. The molecule has 1 amide bonds. The second-order valence-electron chi connectivity index (χ2n) is 8.99. The summed E-state index contributed by atoms with van der Waals surface area (Å²) < 4.78 is 5.35. The van der Waals surface area contributed by atoms with Gasteiger partial charge in [-0.05, 0) is 60.0 Å². The summed E-state index contributed by atoms with van der Waals surface area (Å²) in [7, 11) is 1.66. The van der Waals surface area contributed by atoms with Crippen molar-refractivity contribution in [3.8, 4) is 28.1 Å². The summed E-state index contributed by atoms with van der Waals surface area (Å²) in [5, 5.41) is 5.28. The predicted molar refractivity (Wildman–Crippen MR) is 148 cm³/mol. The lowest BCUT2D eigenvalue weighted by Crippen LogP contribution is -2.25. The van der Waals surface area contributed by atoms with Gasteiger partial charge in [0.15, 0.2) is 0 Å². The first-order valence-corrected chi connectivity index (χ1v) is 12.2. The average Bonchev–Trinajstić information content (AvgIpc) is 3.57. The van der Waals surface area contributed by atoms with Gasteiger partial charge in [-0.3, -0.25) is 9.78 Å². The molecule has 182 valence electrons. The van der Waals surface area contributed by atoms with E-state index < -0.39 is 0 Å². The highest BCUT2D eigenvalue weighted by Crippen LogP contribution is 2.32. The average molecular weight is 487 g/mol. The number of H-pyrrole nitrogens is 2. The highest BCUT2D eigenvalue weighted by molar-refractivity contribution is 5.99. The molecule has 6 nitrogen and oxygen atoms in total. The van der Waals surface area contributed by atoms with Crippen molar-refractivity contribution >= 4 is 27.7 Å². The van der Waals surface area contributed by atoms with Gasteiger partial charge >= 0.3 is 0 Å². The van der Waals surface area contributed by atoms with E-state index in [0.29, 0.717) is 18.5 Å². The molecule has 0 aliphatic rings. The van der Waals surface area contributed by atoms with Crippen LogP contribution in [0.1, 0.15) is 15.9 Å². The Morgan fingerprint density at radius 2 is 1.68 bits per heavy atom. The number of hydrogen-bond acceptors (Lipinski definition) is 3. The number of fused-ring (bicyclic) bond motifs is 2. The molecule has 37 heavy (non-hydrogen) atoms. The number of nitrogens with zero attached hydrogens (tertiary/aromatic N) is 1. The summed E-state index contributed by atoms with van der Waals surface area (Å²) in [5.74, 6) is 0.698. The fourth-order valence-electron chi connectivity index (χ4n) is 4.77. The van der Waals surface area contributed by atoms with Crippen LogP contribution in [0.3, 0.4) is 0 Å². The molecule has 0 aliphatic carbocycles. The Morgan fingerprint density at radius 3 is 2.54 bits per heavy atom. The third kappa shape index (κ3) is 4.45. The van der Waals surface area contributed by atoms with E-state index >= 15 is 0 Å². The smallest absolute Gasteiger partial charge is 0.251 e. The number of amides is 1. The first-order valence-electron chi connectivity index (χ1n) is 12.2. The Labute approximate surface area is 214 Å². The van der Waals surface area contributed by atoms with Crippen LogP contribution in [0, 0.1) is 0 Å².